The van der Waals surface area contributed by atoms with Crippen LogP contribution in [0.25, 0.3) is 0 Å². The average molecular weight is 328 g/mol. The second kappa shape index (κ2) is 6.95. The molecule has 0 spiro atoms. The van der Waals surface area contributed by atoms with Gasteiger partial charge in [0, 0.05) is 30.4 Å². The van der Waals surface area contributed by atoms with Crippen molar-refractivity contribution in [1.29, 1.82) is 0 Å². The molecule has 0 aromatic rings. The summed E-state index contributed by atoms with van der Waals surface area (Å²) in [5.74, 6) is -0.371. The van der Waals surface area contributed by atoms with E-state index >= 15 is 0 Å². The number of carbonyl (C=O) groups is 1. The Labute approximate surface area is 124 Å². The molecule has 1 saturated heterocycles. The molecule has 0 aromatic heterocycles. The number of carbonyl (C=O) groups excluding carboxylic acids is 1. The molecule has 1 heterocycles. The van der Waals surface area contributed by atoms with Crippen molar-refractivity contribution in [1.82, 2.24) is 5.32 Å². The van der Waals surface area contributed by atoms with Crippen LogP contribution in [0, 0.1) is 11.8 Å². The van der Waals surface area contributed by atoms with Gasteiger partial charge in [0.1, 0.15) is 5.60 Å². The monoisotopic (exact) mass is 327 g/mol. The molecule has 1 aliphatic heterocycles. The number of hydrogen-bond donors (Lipinski definition) is 1. The SMILES string of the molecule is CC(C)(C)OC(=O)NCC(CS(=O)(=O)Cl)C1CCOC1. The van der Waals surface area contributed by atoms with E-state index in [1.165, 1.54) is 0 Å². The molecule has 2 unspecified atom stereocenters. The van der Waals surface area contributed by atoms with Crippen molar-refractivity contribution in [3.05, 3.63) is 0 Å². The molecule has 1 rings (SSSR count). The third-order valence-corrected chi connectivity index (χ3v) is 4.16. The molecule has 1 amide bonds. The Bertz CT molecular complexity index is 426. The molecule has 1 fully saturated rings. The van der Waals surface area contributed by atoms with Crippen molar-refractivity contribution in [2.75, 3.05) is 25.5 Å². The molecule has 2 atom stereocenters. The zero-order valence-electron chi connectivity index (χ0n) is 12.0. The summed E-state index contributed by atoms with van der Waals surface area (Å²) in [5.41, 5.74) is -0.589. The lowest BCUT2D eigenvalue weighted by atomic mass is 9.93. The van der Waals surface area contributed by atoms with E-state index in [4.69, 9.17) is 20.2 Å². The third-order valence-electron chi connectivity index (χ3n) is 2.95. The summed E-state index contributed by atoms with van der Waals surface area (Å²) in [6.07, 6.45) is 0.209. The van der Waals surface area contributed by atoms with E-state index in [1.54, 1.807) is 20.8 Å². The summed E-state index contributed by atoms with van der Waals surface area (Å²) in [7, 11) is 1.70. The standard InChI is InChI=1S/C12H22ClNO5S/c1-12(2,3)19-11(15)14-6-10(8-20(13,16)17)9-4-5-18-7-9/h9-10H,4-8H2,1-3H3,(H,14,15). The van der Waals surface area contributed by atoms with Crippen molar-refractivity contribution >= 4 is 25.8 Å². The first-order valence-electron chi connectivity index (χ1n) is 6.54. The predicted octanol–water partition coefficient (Wildman–Crippen LogP) is 1.73. The smallest absolute Gasteiger partial charge is 0.407 e. The Balaban J connectivity index is 2.54. The number of halogens is 1. The van der Waals surface area contributed by atoms with Crippen LogP contribution in [0.15, 0.2) is 0 Å². The van der Waals surface area contributed by atoms with Gasteiger partial charge in [-0.25, -0.2) is 13.2 Å². The molecular weight excluding hydrogens is 306 g/mol. The molecule has 0 aliphatic carbocycles. The molecule has 20 heavy (non-hydrogen) atoms. The van der Waals surface area contributed by atoms with Crippen LogP contribution < -0.4 is 5.32 Å². The minimum atomic E-state index is -3.62. The van der Waals surface area contributed by atoms with Crippen LogP contribution in [0.4, 0.5) is 4.79 Å². The van der Waals surface area contributed by atoms with Gasteiger partial charge in [-0.1, -0.05) is 0 Å². The fraction of sp³-hybridized carbons (Fsp3) is 0.917. The number of hydrogen-bond acceptors (Lipinski definition) is 5. The van der Waals surface area contributed by atoms with Crippen LogP contribution in [-0.4, -0.2) is 45.6 Å². The van der Waals surface area contributed by atoms with Crippen molar-refractivity contribution in [3.8, 4) is 0 Å². The first kappa shape index (κ1) is 17.5. The summed E-state index contributed by atoms with van der Waals surface area (Å²) < 4.78 is 32.9. The maximum absolute atomic E-state index is 11.6. The highest BCUT2D eigenvalue weighted by atomic mass is 35.7. The van der Waals surface area contributed by atoms with Gasteiger partial charge in [-0.15, -0.1) is 0 Å². The van der Waals surface area contributed by atoms with Crippen molar-refractivity contribution in [2.45, 2.75) is 32.8 Å². The summed E-state index contributed by atoms with van der Waals surface area (Å²) in [5, 5.41) is 2.60. The maximum atomic E-state index is 11.6. The van der Waals surface area contributed by atoms with Gasteiger partial charge >= 0.3 is 6.09 Å². The third kappa shape index (κ3) is 7.31. The Kier molecular flexibility index (Phi) is 6.09. The van der Waals surface area contributed by atoms with Crippen LogP contribution in [0.3, 0.4) is 0 Å². The van der Waals surface area contributed by atoms with Crippen LogP contribution in [0.1, 0.15) is 27.2 Å². The normalized spacial score (nSPS) is 21.5. The Morgan fingerprint density at radius 2 is 2.15 bits per heavy atom. The Morgan fingerprint density at radius 1 is 1.50 bits per heavy atom. The topological polar surface area (TPSA) is 81.7 Å². The lowest BCUT2D eigenvalue weighted by molar-refractivity contribution is 0.0514. The summed E-state index contributed by atoms with van der Waals surface area (Å²) >= 11 is 0. The molecule has 1 N–H and O–H groups in total. The van der Waals surface area contributed by atoms with E-state index in [-0.39, 0.29) is 24.1 Å². The molecule has 0 bridgehead atoms. The molecule has 8 heteroatoms. The summed E-state index contributed by atoms with van der Waals surface area (Å²) in [6, 6.07) is 0. The van der Waals surface area contributed by atoms with Gasteiger partial charge in [-0.05, 0) is 39.0 Å². The van der Waals surface area contributed by atoms with Gasteiger partial charge in [0.2, 0.25) is 9.05 Å². The predicted molar refractivity (Wildman–Crippen MR) is 76.3 cm³/mol. The molecule has 0 radical (unpaired) electrons. The van der Waals surface area contributed by atoms with Crippen LogP contribution in [-0.2, 0) is 18.5 Å². The largest absolute Gasteiger partial charge is 0.444 e. The van der Waals surface area contributed by atoms with Crippen LogP contribution >= 0.6 is 10.7 Å². The van der Waals surface area contributed by atoms with Gasteiger partial charge in [-0.3, -0.25) is 0 Å². The number of nitrogens with one attached hydrogen (secondary N) is 1. The van der Waals surface area contributed by atoms with Gasteiger partial charge in [0.15, 0.2) is 0 Å². The minimum absolute atomic E-state index is 0.0819. The second-order valence-corrected chi connectivity index (χ2v) is 8.79. The molecule has 0 aromatic carbocycles. The van der Waals surface area contributed by atoms with Gasteiger partial charge in [0.05, 0.1) is 5.75 Å². The van der Waals surface area contributed by atoms with Crippen LogP contribution in [0.5, 0.6) is 0 Å². The highest BCUT2D eigenvalue weighted by Crippen LogP contribution is 2.24. The van der Waals surface area contributed by atoms with E-state index in [0.717, 1.165) is 6.42 Å². The first-order valence-corrected chi connectivity index (χ1v) is 9.01. The van der Waals surface area contributed by atoms with E-state index in [9.17, 15) is 13.2 Å². The molecule has 0 saturated carbocycles. The number of alkyl carbamates (subject to hydrolysis) is 1. The van der Waals surface area contributed by atoms with Crippen molar-refractivity contribution in [3.63, 3.8) is 0 Å². The zero-order chi connectivity index (χ0) is 15.4. The average Bonchev–Trinajstić information content (AvgIpc) is 2.73. The summed E-state index contributed by atoms with van der Waals surface area (Å²) in [6.45, 7) is 6.59. The van der Waals surface area contributed by atoms with Crippen molar-refractivity contribution < 1.29 is 22.7 Å². The lowest BCUT2D eigenvalue weighted by Gasteiger charge is -2.24. The fourth-order valence-corrected chi connectivity index (χ4v) is 3.46. The summed E-state index contributed by atoms with van der Waals surface area (Å²) in [4.78, 5) is 11.6. The minimum Gasteiger partial charge on any atom is -0.444 e. The molecule has 118 valence electrons. The molecule has 1 aliphatic rings. The lowest BCUT2D eigenvalue weighted by Crippen LogP contribution is -2.39. The fourth-order valence-electron chi connectivity index (χ4n) is 2.07. The highest BCUT2D eigenvalue weighted by molar-refractivity contribution is 8.13. The zero-order valence-corrected chi connectivity index (χ0v) is 13.6. The van der Waals surface area contributed by atoms with E-state index < -0.39 is 20.7 Å². The highest BCUT2D eigenvalue weighted by Gasteiger charge is 2.30. The van der Waals surface area contributed by atoms with Gasteiger partial charge in [-0.2, -0.15) is 0 Å². The van der Waals surface area contributed by atoms with Crippen LogP contribution in [0.2, 0.25) is 0 Å². The second-order valence-electron chi connectivity index (χ2n) is 5.97. The van der Waals surface area contributed by atoms with E-state index in [2.05, 4.69) is 5.32 Å². The van der Waals surface area contributed by atoms with E-state index in [1.807, 2.05) is 0 Å². The Morgan fingerprint density at radius 3 is 2.60 bits per heavy atom. The maximum Gasteiger partial charge on any atom is 0.407 e. The quantitative estimate of drug-likeness (QED) is 0.778. The van der Waals surface area contributed by atoms with Gasteiger partial charge < -0.3 is 14.8 Å². The van der Waals surface area contributed by atoms with Gasteiger partial charge in [0.25, 0.3) is 0 Å². The number of rotatable bonds is 5. The number of amides is 1. The molecule has 6 nitrogen and oxygen atoms in total. The Hall–Kier alpha value is -0.530. The van der Waals surface area contributed by atoms with E-state index in [0.29, 0.717) is 13.2 Å². The first-order chi connectivity index (χ1) is 9.07. The molecular formula is C12H22ClNO5S. The van der Waals surface area contributed by atoms with Crippen molar-refractivity contribution in [2.24, 2.45) is 11.8 Å². The number of ether oxygens (including phenoxy) is 2.